The number of ether oxygens (including phenoxy) is 1. The minimum atomic E-state index is -4.41. The lowest BCUT2D eigenvalue weighted by Crippen LogP contribution is -2.34. The van der Waals surface area contributed by atoms with E-state index in [4.69, 9.17) is 10.5 Å². The van der Waals surface area contributed by atoms with Crippen molar-refractivity contribution in [3.63, 3.8) is 0 Å². The van der Waals surface area contributed by atoms with Crippen molar-refractivity contribution in [2.75, 3.05) is 6.61 Å². The van der Waals surface area contributed by atoms with Crippen LogP contribution in [0.3, 0.4) is 0 Å². The van der Waals surface area contributed by atoms with Crippen molar-refractivity contribution in [3.8, 4) is 10.4 Å². The van der Waals surface area contributed by atoms with E-state index < -0.39 is 23.8 Å². The number of carbonyl (C=O) groups is 1. The van der Waals surface area contributed by atoms with Crippen LogP contribution in [0.1, 0.15) is 17.4 Å². The van der Waals surface area contributed by atoms with Gasteiger partial charge in [0.05, 0.1) is 12.2 Å². The first-order valence-electron chi connectivity index (χ1n) is 7.00. The third kappa shape index (κ3) is 4.33. The Bertz CT molecular complexity index is 682. The van der Waals surface area contributed by atoms with Crippen molar-refractivity contribution in [2.24, 2.45) is 5.73 Å². The summed E-state index contributed by atoms with van der Waals surface area (Å²) in [6.07, 6.45) is -4.18. The summed E-state index contributed by atoms with van der Waals surface area (Å²) in [6, 6.07) is 7.89. The number of nitrogens with two attached hydrogens (primary N) is 1. The summed E-state index contributed by atoms with van der Waals surface area (Å²) in [4.78, 5) is 12.7. The van der Waals surface area contributed by atoms with Gasteiger partial charge in [-0.25, -0.2) is 0 Å². The second kappa shape index (κ2) is 7.14. The maximum absolute atomic E-state index is 13.1. The van der Waals surface area contributed by atoms with Crippen LogP contribution in [0.15, 0.2) is 36.4 Å². The molecule has 0 amide bonds. The smallest absolute Gasteiger partial charge is 0.417 e. The Balaban J connectivity index is 2.22. The van der Waals surface area contributed by atoms with E-state index in [2.05, 4.69) is 0 Å². The van der Waals surface area contributed by atoms with E-state index in [-0.39, 0.29) is 18.6 Å². The van der Waals surface area contributed by atoms with Gasteiger partial charge in [0.2, 0.25) is 0 Å². The van der Waals surface area contributed by atoms with Crippen molar-refractivity contribution < 1.29 is 22.7 Å². The zero-order valence-electron chi connectivity index (χ0n) is 12.4. The molecule has 0 fully saturated rings. The standard InChI is InChI=1S/C16H16F3NO2S/c1-2-22-15(21)13(20)9-10-7-8-14(23-10)11-5-3-4-6-12(11)16(17,18)19/h3-8,13H,2,9,20H2,1H3. The SMILES string of the molecule is CCOC(=O)C(N)Cc1ccc(-c2ccccc2C(F)(F)F)s1. The average molecular weight is 343 g/mol. The number of hydrogen-bond donors (Lipinski definition) is 1. The molecule has 0 aliphatic rings. The van der Waals surface area contributed by atoms with Crippen LogP contribution in [0.5, 0.6) is 0 Å². The molecule has 1 aromatic carbocycles. The van der Waals surface area contributed by atoms with E-state index in [1.165, 1.54) is 23.5 Å². The predicted molar refractivity (Wildman–Crippen MR) is 83.1 cm³/mol. The molecule has 124 valence electrons. The van der Waals surface area contributed by atoms with Crippen molar-refractivity contribution in [2.45, 2.75) is 25.6 Å². The first kappa shape index (κ1) is 17.5. The van der Waals surface area contributed by atoms with Gasteiger partial charge in [0.15, 0.2) is 0 Å². The van der Waals surface area contributed by atoms with Gasteiger partial charge in [0.1, 0.15) is 6.04 Å². The summed E-state index contributed by atoms with van der Waals surface area (Å²) in [5, 5.41) is 0. The number of rotatable bonds is 5. The number of alkyl halides is 3. The number of hydrogen-bond acceptors (Lipinski definition) is 4. The van der Waals surface area contributed by atoms with Gasteiger partial charge in [-0.05, 0) is 25.1 Å². The summed E-state index contributed by atoms with van der Waals surface area (Å²) in [7, 11) is 0. The molecule has 1 atom stereocenters. The highest BCUT2D eigenvalue weighted by atomic mass is 32.1. The molecule has 2 N–H and O–H groups in total. The molecule has 2 aromatic rings. The zero-order chi connectivity index (χ0) is 17.0. The monoisotopic (exact) mass is 343 g/mol. The minimum absolute atomic E-state index is 0.126. The molecule has 0 aliphatic carbocycles. The van der Waals surface area contributed by atoms with Crippen LogP contribution in [-0.4, -0.2) is 18.6 Å². The quantitative estimate of drug-likeness (QED) is 0.839. The molecule has 0 bridgehead atoms. The van der Waals surface area contributed by atoms with Gasteiger partial charge in [-0.15, -0.1) is 11.3 Å². The summed E-state index contributed by atoms with van der Waals surface area (Å²) < 4.78 is 44.0. The normalized spacial score (nSPS) is 12.9. The Morgan fingerprint density at radius 2 is 1.96 bits per heavy atom. The van der Waals surface area contributed by atoms with Crippen LogP contribution >= 0.6 is 11.3 Å². The number of benzene rings is 1. The van der Waals surface area contributed by atoms with E-state index in [9.17, 15) is 18.0 Å². The summed E-state index contributed by atoms with van der Waals surface area (Å²) in [5.41, 5.74) is 5.18. The van der Waals surface area contributed by atoms with Crippen LogP contribution in [0, 0.1) is 0 Å². The molecule has 1 aromatic heterocycles. The molecule has 23 heavy (non-hydrogen) atoms. The van der Waals surface area contributed by atoms with Gasteiger partial charge in [0, 0.05) is 21.7 Å². The van der Waals surface area contributed by atoms with E-state index in [1.54, 1.807) is 25.1 Å². The highest BCUT2D eigenvalue weighted by Gasteiger charge is 2.33. The predicted octanol–water partition coefficient (Wildman–Crippen LogP) is 3.87. The van der Waals surface area contributed by atoms with E-state index >= 15 is 0 Å². The fraction of sp³-hybridized carbons (Fsp3) is 0.312. The van der Waals surface area contributed by atoms with E-state index in [1.807, 2.05) is 0 Å². The Hall–Kier alpha value is -1.86. The van der Waals surface area contributed by atoms with Crippen molar-refractivity contribution in [3.05, 3.63) is 46.8 Å². The number of esters is 1. The lowest BCUT2D eigenvalue weighted by molar-refractivity contribution is -0.144. The molecule has 0 saturated heterocycles. The van der Waals surface area contributed by atoms with E-state index in [0.29, 0.717) is 4.88 Å². The van der Waals surface area contributed by atoms with Gasteiger partial charge in [-0.1, -0.05) is 18.2 Å². The summed E-state index contributed by atoms with van der Waals surface area (Å²) >= 11 is 1.19. The largest absolute Gasteiger partial charge is 0.465 e. The fourth-order valence-electron chi connectivity index (χ4n) is 2.13. The molecular formula is C16H16F3NO2S. The molecule has 0 saturated carbocycles. The molecule has 0 spiro atoms. The Morgan fingerprint density at radius 1 is 1.26 bits per heavy atom. The molecule has 0 aliphatic heterocycles. The molecule has 1 heterocycles. The van der Waals surface area contributed by atoms with Crippen molar-refractivity contribution in [1.29, 1.82) is 0 Å². The average Bonchev–Trinajstić information content (AvgIpc) is 2.95. The van der Waals surface area contributed by atoms with Crippen molar-refractivity contribution in [1.82, 2.24) is 0 Å². The Kier molecular flexibility index (Phi) is 5.43. The number of halogens is 3. The Morgan fingerprint density at radius 3 is 2.61 bits per heavy atom. The van der Waals surface area contributed by atoms with Gasteiger partial charge in [-0.2, -0.15) is 13.2 Å². The third-order valence-corrected chi connectivity index (χ3v) is 4.31. The molecule has 3 nitrogen and oxygen atoms in total. The first-order valence-corrected chi connectivity index (χ1v) is 7.82. The van der Waals surface area contributed by atoms with Gasteiger partial charge in [-0.3, -0.25) is 4.79 Å². The van der Waals surface area contributed by atoms with Crippen molar-refractivity contribution >= 4 is 17.3 Å². The second-order valence-electron chi connectivity index (χ2n) is 4.87. The topological polar surface area (TPSA) is 52.3 Å². The summed E-state index contributed by atoms with van der Waals surface area (Å²) in [6.45, 7) is 1.92. The van der Waals surface area contributed by atoms with Gasteiger partial charge >= 0.3 is 12.1 Å². The maximum atomic E-state index is 13.1. The Labute approximate surface area is 135 Å². The second-order valence-corrected chi connectivity index (χ2v) is 6.04. The number of thiophene rings is 1. The molecule has 1 unspecified atom stereocenters. The lowest BCUT2D eigenvalue weighted by atomic mass is 10.1. The lowest BCUT2D eigenvalue weighted by Gasteiger charge is -2.11. The van der Waals surface area contributed by atoms with Crippen LogP contribution < -0.4 is 5.73 Å². The fourth-order valence-corrected chi connectivity index (χ4v) is 3.23. The highest BCUT2D eigenvalue weighted by Crippen LogP contribution is 2.39. The first-order chi connectivity index (χ1) is 10.8. The summed E-state index contributed by atoms with van der Waals surface area (Å²) in [5.74, 6) is -0.516. The maximum Gasteiger partial charge on any atom is 0.417 e. The number of carbonyl (C=O) groups excluding carboxylic acids is 1. The van der Waals surface area contributed by atoms with E-state index in [0.717, 1.165) is 10.9 Å². The van der Waals surface area contributed by atoms with Crippen LogP contribution in [0.25, 0.3) is 10.4 Å². The highest BCUT2D eigenvalue weighted by molar-refractivity contribution is 7.15. The molecule has 0 radical (unpaired) electrons. The van der Waals surface area contributed by atoms with Gasteiger partial charge < -0.3 is 10.5 Å². The zero-order valence-corrected chi connectivity index (χ0v) is 13.2. The van der Waals surface area contributed by atoms with Gasteiger partial charge in [0.25, 0.3) is 0 Å². The molecular weight excluding hydrogens is 327 g/mol. The van der Waals surface area contributed by atoms with Crippen LogP contribution in [0.4, 0.5) is 13.2 Å². The molecule has 7 heteroatoms. The van der Waals surface area contributed by atoms with Crippen LogP contribution in [0.2, 0.25) is 0 Å². The van der Waals surface area contributed by atoms with Crippen LogP contribution in [-0.2, 0) is 22.1 Å². The molecule has 2 rings (SSSR count). The third-order valence-electron chi connectivity index (χ3n) is 3.17. The minimum Gasteiger partial charge on any atom is -0.465 e.